The highest BCUT2D eigenvalue weighted by molar-refractivity contribution is 5.82. The number of nitrogens with one attached hydrogen (secondary N) is 2. The Morgan fingerprint density at radius 1 is 1.32 bits per heavy atom. The van der Waals surface area contributed by atoms with Gasteiger partial charge in [0.15, 0.2) is 0 Å². The largest absolute Gasteiger partial charge is 0.481 e. The number of amides is 2. The normalized spacial score (nSPS) is 11.6. The molecule has 0 aliphatic rings. The Morgan fingerprint density at radius 2 is 2.05 bits per heavy atom. The van der Waals surface area contributed by atoms with Crippen LogP contribution in [0.15, 0.2) is 22.8 Å². The van der Waals surface area contributed by atoms with Gasteiger partial charge in [0.25, 0.3) is 0 Å². The molecule has 0 saturated carbocycles. The molecule has 0 saturated heterocycles. The Hall–Kier alpha value is -2.51. The van der Waals surface area contributed by atoms with Crippen molar-refractivity contribution in [2.75, 3.05) is 0 Å². The summed E-state index contributed by atoms with van der Waals surface area (Å²) in [5, 5.41) is 21.9. The van der Waals surface area contributed by atoms with Gasteiger partial charge in [0.1, 0.15) is 11.8 Å². The Balaban J connectivity index is 2.38. The molecule has 8 nitrogen and oxygen atoms in total. The summed E-state index contributed by atoms with van der Waals surface area (Å²) in [6.45, 7) is 0.115. The minimum atomic E-state index is -1.28. The van der Waals surface area contributed by atoms with E-state index in [1.807, 2.05) is 0 Å². The maximum Gasteiger partial charge on any atom is 0.326 e. The second-order valence-corrected chi connectivity index (χ2v) is 3.73. The summed E-state index contributed by atoms with van der Waals surface area (Å²) >= 11 is 0. The second-order valence-electron chi connectivity index (χ2n) is 3.73. The van der Waals surface area contributed by atoms with E-state index >= 15 is 0 Å². The molecule has 1 atom stereocenters. The number of hydrogen-bond donors (Lipinski definition) is 4. The van der Waals surface area contributed by atoms with Gasteiger partial charge in [-0.2, -0.15) is 0 Å². The summed E-state index contributed by atoms with van der Waals surface area (Å²) in [5.74, 6) is -1.88. The zero-order chi connectivity index (χ0) is 14.3. The van der Waals surface area contributed by atoms with Crippen LogP contribution in [0, 0.1) is 0 Å². The predicted octanol–water partition coefficient (Wildman–Crippen LogP) is 0.397. The van der Waals surface area contributed by atoms with Gasteiger partial charge in [0, 0.05) is 6.42 Å². The number of urea groups is 1. The standard InChI is InChI=1S/C11H14N2O6/c14-9(15)4-3-8(10(16)17)13-11(18)12-6-7-2-1-5-19-7/h1-2,5,8H,3-4,6H2,(H,14,15)(H,16,17)(H2,12,13,18). The first-order valence-electron chi connectivity index (χ1n) is 5.50. The number of furan rings is 1. The first-order valence-corrected chi connectivity index (χ1v) is 5.50. The topological polar surface area (TPSA) is 129 Å². The number of carbonyl (C=O) groups excluding carboxylic acids is 1. The van der Waals surface area contributed by atoms with E-state index < -0.39 is 24.0 Å². The summed E-state index contributed by atoms with van der Waals surface area (Å²) in [5.41, 5.74) is 0. The van der Waals surface area contributed by atoms with Crippen molar-refractivity contribution in [2.45, 2.75) is 25.4 Å². The second kappa shape index (κ2) is 7.04. The first kappa shape index (κ1) is 14.6. The third kappa shape index (κ3) is 5.57. The molecule has 0 fully saturated rings. The van der Waals surface area contributed by atoms with Crippen LogP contribution in [0.1, 0.15) is 18.6 Å². The first-order chi connectivity index (χ1) is 8.99. The molecule has 0 aromatic carbocycles. The molecule has 1 heterocycles. The van der Waals surface area contributed by atoms with E-state index in [0.717, 1.165) is 0 Å². The van der Waals surface area contributed by atoms with E-state index in [4.69, 9.17) is 14.6 Å². The van der Waals surface area contributed by atoms with Gasteiger partial charge < -0.3 is 25.3 Å². The van der Waals surface area contributed by atoms with Crippen molar-refractivity contribution in [3.8, 4) is 0 Å². The molecule has 1 unspecified atom stereocenters. The van der Waals surface area contributed by atoms with Gasteiger partial charge in [-0.25, -0.2) is 9.59 Å². The summed E-state index contributed by atoms with van der Waals surface area (Å²) in [6, 6.07) is 1.36. The zero-order valence-corrected chi connectivity index (χ0v) is 9.96. The number of hydrogen-bond acceptors (Lipinski definition) is 4. The highest BCUT2D eigenvalue weighted by Gasteiger charge is 2.20. The summed E-state index contributed by atoms with van der Waals surface area (Å²) in [4.78, 5) is 32.6. The molecule has 0 bridgehead atoms. The third-order valence-electron chi connectivity index (χ3n) is 2.25. The fourth-order valence-corrected chi connectivity index (χ4v) is 1.32. The summed E-state index contributed by atoms with van der Waals surface area (Å²) in [6.07, 6.45) is 0.927. The molecule has 1 rings (SSSR count). The molecule has 1 aromatic rings. The van der Waals surface area contributed by atoms with E-state index in [0.29, 0.717) is 5.76 Å². The van der Waals surface area contributed by atoms with Crippen LogP contribution < -0.4 is 10.6 Å². The smallest absolute Gasteiger partial charge is 0.326 e. The fourth-order valence-electron chi connectivity index (χ4n) is 1.32. The van der Waals surface area contributed by atoms with Crippen LogP contribution in [0.25, 0.3) is 0 Å². The van der Waals surface area contributed by atoms with Gasteiger partial charge in [0.05, 0.1) is 12.8 Å². The van der Waals surface area contributed by atoms with E-state index in [1.54, 1.807) is 12.1 Å². The number of rotatable bonds is 7. The predicted molar refractivity (Wildman–Crippen MR) is 62.4 cm³/mol. The molecule has 104 valence electrons. The van der Waals surface area contributed by atoms with Crippen LogP contribution in [0.2, 0.25) is 0 Å². The highest BCUT2D eigenvalue weighted by Crippen LogP contribution is 2.00. The van der Waals surface area contributed by atoms with Crippen LogP contribution in [0.5, 0.6) is 0 Å². The molecular weight excluding hydrogens is 256 g/mol. The average molecular weight is 270 g/mol. The lowest BCUT2D eigenvalue weighted by molar-refractivity contribution is -0.140. The van der Waals surface area contributed by atoms with Gasteiger partial charge in [-0.1, -0.05) is 0 Å². The molecule has 19 heavy (non-hydrogen) atoms. The Labute approximate surface area is 108 Å². The monoisotopic (exact) mass is 270 g/mol. The van der Waals surface area contributed by atoms with Crippen LogP contribution in [-0.4, -0.2) is 34.2 Å². The highest BCUT2D eigenvalue weighted by atomic mass is 16.4. The van der Waals surface area contributed by atoms with E-state index in [-0.39, 0.29) is 19.4 Å². The molecule has 8 heteroatoms. The molecule has 4 N–H and O–H groups in total. The lowest BCUT2D eigenvalue weighted by Crippen LogP contribution is -2.45. The quantitative estimate of drug-likeness (QED) is 0.567. The SMILES string of the molecule is O=C(O)CCC(NC(=O)NCc1ccco1)C(=O)O. The van der Waals surface area contributed by atoms with Crippen molar-refractivity contribution in [1.82, 2.24) is 10.6 Å². The van der Waals surface area contributed by atoms with E-state index in [1.165, 1.54) is 6.26 Å². The minimum absolute atomic E-state index is 0.115. The number of carboxylic acids is 2. The van der Waals surface area contributed by atoms with Crippen LogP contribution in [-0.2, 0) is 16.1 Å². The van der Waals surface area contributed by atoms with Gasteiger partial charge in [-0.05, 0) is 18.6 Å². The van der Waals surface area contributed by atoms with E-state index in [2.05, 4.69) is 10.6 Å². The van der Waals surface area contributed by atoms with Crippen molar-refractivity contribution in [3.05, 3.63) is 24.2 Å². The molecule has 1 aromatic heterocycles. The Morgan fingerprint density at radius 3 is 2.58 bits per heavy atom. The van der Waals surface area contributed by atoms with Crippen molar-refractivity contribution < 1.29 is 29.0 Å². The molecule has 0 aliphatic heterocycles. The molecular formula is C11H14N2O6. The molecule has 0 radical (unpaired) electrons. The van der Waals surface area contributed by atoms with Crippen LogP contribution in [0.4, 0.5) is 4.79 Å². The van der Waals surface area contributed by atoms with E-state index in [9.17, 15) is 14.4 Å². The summed E-state index contributed by atoms with van der Waals surface area (Å²) < 4.78 is 4.98. The zero-order valence-electron chi connectivity index (χ0n) is 9.96. The number of carboxylic acid groups (broad SMARTS) is 2. The Bertz CT molecular complexity index is 442. The van der Waals surface area contributed by atoms with Gasteiger partial charge in [-0.15, -0.1) is 0 Å². The van der Waals surface area contributed by atoms with Gasteiger partial charge >= 0.3 is 18.0 Å². The number of aliphatic carboxylic acids is 2. The summed E-state index contributed by atoms with van der Waals surface area (Å²) in [7, 11) is 0. The van der Waals surface area contributed by atoms with Gasteiger partial charge in [-0.3, -0.25) is 4.79 Å². The Kier molecular flexibility index (Phi) is 5.39. The number of carbonyl (C=O) groups is 3. The van der Waals surface area contributed by atoms with Crippen molar-refractivity contribution in [1.29, 1.82) is 0 Å². The van der Waals surface area contributed by atoms with Crippen molar-refractivity contribution in [2.24, 2.45) is 0 Å². The third-order valence-corrected chi connectivity index (χ3v) is 2.25. The maximum absolute atomic E-state index is 11.4. The molecule has 0 spiro atoms. The molecule has 0 aliphatic carbocycles. The van der Waals surface area contributed by atoms with Crippen molar-refractivity contribution in [3.63, 3.8) is 0 Å². The minimum Gasteiger partial charge on any atom is -0.481 e. The molecule has 2 amide bonds. The lowest BCUT2D eigenvalue weighted by atomic mass is 10.1. The maximum atomic E-state index is 11.4. The van der Waals surface area contributed by atoms with Crippen molar-refractivity contribution >= 4 is 18.0 Å². The van der Waals surface area contributed by atoms with Crippen LogP contribution >= 0.6 is 0 Å². The average Bonchev–Trinajstić information content (AvgIpc) is 2.84. The lowest BCUT2D eigenvalue weighted by Gasteiger charge is -2.13. The fraction of sp³-hybridized carbons (Fsp3) is 0.364. The van der Waals surface area contributed by atoms with Crippen LogP contribution in [0.3, 0.4) is 0 Å². The van der Waals surface area contributed by atoms with Gasteiger partial charge in [0.2, 0.25) is 0 Å².